The molecule has 0 unspecified atom stereocenters. The average molecular weight is 477 g/mol. The highest BCUT2D eigenvalue weighted by Crippen LogP contribution is 2.39. The Morgan fingerprint density at radius 2 is 1.94 bits per heavy atom. The number of aryl methyl sites for hydroxylation is 1. The van der Waals surface area contributed by atoms with Gasteiger partial charge in [-0.2, -0.15) is 13.2 Å². The van der Waals surface area contributed by atoms with Crippen LogP contribution >= 0.6 is 0 Å². The van der Waals surface area contributed by atoms with E-state index in [1.54, 1.807) is 0 Å². The number of phenolic OH excluding ortho intramolecular Hbond substituents is 1. The second kappa shape index (κ2) is 8.23. The second-order valence-corrected chi connectivity index (χ2v) is 8.88. The number of hydrogen-bond acceptors (Lipinski definition) is 9. The number of sulfonamides is 1. The molecule has 0 saturated heterocycles. The van der Waals surface area contributed by atoms with E-state index in [0.29, 0.717) is 0 Å². The van der Waals surface area contributed by atoms with E-state index in [-0.39, 0.29) is 16.4 Å². The number of nitrogens with zero attached hydrogens (tertiary/aromatic N) is 3. The van der Waals surface area contributed by atoms with Gasteiger partial charge in [0, 0.05) is 14.1 Å². The summed E-state index contributed by atoms with van der Waals surface area (Å²) in [6.07, 6.45) is -4.84. The summed E-state index contributed by atoms with van der Waals surface area (Å²) in [5, 5.41) is 30.0. The number of rotatable bonds is 7. The van der Waals surface area contributed by atoms with Gasteiger partial charge in [0.1, 0.15) is 22.1 Å². The number of hydrogen-bond donors (Lipinski definition) is 3. The molecule has 1 aromatic carbocycles. The van der Waals surface area contributed by atoms with Gasteiger partial charge < -0.3 is 24.7 Å². The summed E-state index contributed by atoms with van der Waals surface area (Å²) in [5.41, 5.74) is -0.291. The molecule has 15 heteroatoms. The van der Waals surface area contributed by atoms with E-state index >= 15 is 0 Å². The van der Waals surface area contributed by atoms with Crippen LogP contribution in [0.4, 0.5) is 30.5 Å². The summed E-state index contributed by atoms with van der Waals surface area (Å²) in [5.74, 6) is -2.32. The number of halogens is 3. The Labute approximate surface area is 179 Å². The molecule has 32 heavy (non-hydrogen) atoms. The molecule has 3 N–H and O–H groups in total. The Hall–Kier alpha value is -3.46. The van der Waals surface area contributed by atoms with Crippen LogP contribution in [0.3, 0.4) is 0 Å². The van der Waals surface area contributed by atoms with Gasteiger partial charge in [-0.25, -0.2) is 12.7 Å². The third-order valence-corrected chi connectivity index (χ3v) is 6.12. The highest BCUT2D eigenvalue weighted by Gasteiger charge is 2.45. The number of para-hydroxylation sites is 1. The van der Waals surface area contributed by atoms with Gasteiger partial charge in [-0.15, -0.1) is 0 Å². The van der Waals surface area contributed by atoms with Gasteiger partial charge in [0.2, 0.25) is 10.0 Å². The first-order valence-corrected chi connectivity index (χ1v) is 10.3. The smallest absolute Gasteiger partial charge is 0.415 e. The molecule has 0 radical (unpaired) electrons. The van der Waals surface area contributed by atoms with Gasteiger partial charge in [-0.05, 0) is 36.3 Å². The lowest BCUT2D eigenvalue weighted by Crippen LogP contribution is -2.30. The van der Waals surface area contributed by atoms with Crippen LogP contribution in [0.5, 0.6) is 5.75 Å². The first-order chi connectivity index (χ1) is 14.8. The van der Waals surface area contributed by atoms with E-state index in [4.69, 9.17) is 4.42 Å². The van der Waals surface area contributed by atoms with E-state index < -0.39 is 50.3 Å². The van der Waals surface area contributed by atoms with Gasteiger partial charge in [0.25, 0.3) is 5.82 Å². The molecule has 2 heterocycles. The molecule has 0 aliphatic carbocycles. The van der Waals surface area contributed by atoms with Crippen LogP contribution < -0.4 is 15.5 Å². The van der Waals surface area contributed by atoms with Crippen LogP contribution in [0, 0.1) is 12.1 Å². The predicted molar refractivity (Wildman–Crippen MR) is 104 cm³/mol. The number of aromatic hydroxyl groups is 1. The normalized spacial score (nSPS) is 13.3. The predicted octanol–water partition coefficient (Wildman–Crippen LogP) is 2.62. The Bertz CT molecular complexity index is 1220. The van der Waals surface area contributed by atoms with Crippen molar-refractivity contribution in [2.24, 2.45) is 0 Å². The lowest BCUT2D eigenvalue weighted by molar-refractivity contribution is -0.790. The van der Waals surface area contributed by atoms with Crippen LogP contribution in [0.15, 0.2) is 44.3 Å². The van der Waals surface area contributed by atoms with E-state index in [1.165, 1.54) is 39.2 Å². The number of anilines is 3. The quantitative estimate of drug-likeness (QED) is 0.345. The van der Waals surface area contributed by atoms with Crippen molar-refractivity contribution < 1.29 is 40.6 Å². The fraction of sp³-hybridized carbons (Fsp3) is 0.294. The summed E-state index contributed by atoms with van der Waals surface area (Å²) in [6.45, 7) is 1.46. The van der Waals surface area contributed by atoms with Crippen molar-refractivity contribution in [1.82, 2.24) is 9.46 Å². The van der Waals surface area contributed by atoms with Crippen LogP contribution in [0.1, 0.15) is 17.6 Å². The van der Waals surface area contributed by atoms with Crippen LogP contribution in [-0.2, 0) is 10.0 Å². The molecule has 174 valence electrons. The Morgan fingerprint density at radius 1 is 1.25 bits per heavy atom. The lowest BCUT2D eigenvalue weighted by Gasteiger charge is -2.18. The minimum absolute atomic E-state index is 0.234. The number of phenols is 1. The SMILES string of the molecule is Cc1ccc([C@H](Nc2no[n+]([O-])c2Nc2cccc(S(=O)(=O)N(C)C)c2O)C(F)(F)F)o1. The van der Waals surface area contributed by atoms with Gasteiger partial charge in [-0.1, -0.05) is 11.0 Å². The molecule has 1 atom stereocenters. The third-order valence-electron chi connectivity index (χ3n) is 4.28. The summed E-state index contributed by atoms with van der Waals surface area (Å²) >= 11 is 0. The Morgan fingerprint density at radius 3 is 2.50 bits per heavy atom. The molecular weight excluding hydrogens is 459 g/mol. The zero-order valence-electron chi connectivity index (χ0n) is 16.8. The molecule has 2 aromatic heterocycles. The van der Waals surface area contributed by atoms with Gasteiger partial charge in [0.15, 0.2) is 11.8 Å². The fourth-order valence-electron chi connectivity index (χ4n) is 2.66. The van der Waals surface area contributed by atoms with Gasteiger partial charge >= 0.3 is 12.0 Å². The lowest BCUT2D eigenvalue weighted by atomic mass is 10.2. The molecule has 3 aromatic rings. The standard InChI is InChI=1S/C17H18F3N5O6S/c1-9-7-8-11(30-9)14(17(18,19)20)22-15-16(25(27)31-23-15)21-10-5-4-6-12(13(10)26)32(28,29)24(2)3/h4-8,14,21,26H,1-3H3,(H,22,23)/t14-/m0/s1. The number of alkyl halides is 3. The molecule has 0 aliphatic rings. The van der Waals surface area contributed by atoms with E-state index in [0.717, 1.165) is 16.4 Å². The average Bonchev–Trinajstić information content (AvgIpc) is 3.26. The van der Waals surface area contributed by atoms with Crippen LogP contribution in [-0.4, -0.2) is 43.3 Å². The third kappa shape index (κ3) is 4.43. The van der Waals surface area contributed by atoms with Crippen molar-refractivity contribution in [1.29, 1.82) is 0 Å². The minimum atomic E-state index is -4.84. The van der Waals surface area contributed by atoms with Crippen molar-refractivity contribution in [2.45, 2.75) is 24.0 Å². The Balaban J connectivity index is 1.99. The maximum absolute atomic E-state index is 13.6. The Kier molecular flexibility index (Phi) is 5.97. The van der Waals surface area contributed by atoms with Crippen molar-refractivity contribution in [3.63, 3.8) is 0 Å². The van der Waals surface area contributed by atoms with E-state index in [2.05, 4.69) is 15.1 Å². The van der Waals surface area contributed by atoms with E-state index in [9.17, 15) is 31.9 Å². The topological polar surface area (TPSA) is 148 Å². The fourth-order valence-corrected chi connectivity index (χ4v) is 3.66. The highest BCUT2D eigenvalue weighted by atomic mass is 32.2. The van der Waals surface area contributed by atoms with Crippen molar-refractivity contribution in [3.05, 3.63) is 47.1 Å². The zero-order chi connectivity index (χ0) is 23.8. The molecule has 0 saturated carbocycles. The largest absolute Gasteiger partial charge is 0.503 e. The molecule has 0 spiro atoms. The summed E-state index contributed by atoms with van der Waals surface area (Å²) in [6, 6.07) is 3.65. The van der Waals surface area contributed by atoms with E-state index in [1.807, 2.05) is 5.32 Å². The zero-order valence-corrected chi connectivity index (χ0v) is 17.7. The van der Waals surface area contributed by atoms with Crippen molar-refractivity contribution in [3.8, 4) is 5.75 Å². The van der Waals surface area contributed by atoms with Crippen molar-refractivity contribution >= 4 is 27.3 Å². The molecule has 3 rings (SSSR count). The molecular formula is C17H18F3N5O6S. The number of benzene rings is 1. The monoisotopic (exact) mass is 477 g/mol. The molecule has 0 fully saturated rings. The highest BCUT2D eigenvalue weighted by molar-refractivity contribution is 7.89. The minimum Gasteiger partial charge on any atom is -0.503 e. The maximum atomic E-state index is 13.6. The number of furan rings is 1. The van der Waals surface area contributed by atoms with Gasteiger partial charge in [-0.3, -0.25) is 5.32 Å². The number of nitrogens with one attached hydrogen (secondary N) is 2. The number of aromatic nitrogens is 2. The van der Waals surface area contributed by atoms with Crippen molar-refractivity contribution in [2.75, 3.05) is 24.7 Å². The second-order valence-electron chi connectivity index (χ2n) is 6.76. The first kappa shape index (κ1) is 23.2. The molecule has 0 amide bonds. The molecule has 11 nitrogen and oxygen atoms in total. The summed E-state index contributed by atoms with van der Waals surface area (Å²) < 4.78 is 75.8. The molecule has 0 bridgehead atoms. The molecule has 0 aliphatic heterocycles. The summed E-state index contributed by atoms with van der Waals surface area (Å²) in [7, 11) is -1.57. The first-order valence-electron chi connectivity index (χ1n) is 8.83. The van der Waals surface area contributed by atoms with Gasteiger partial charge in [0.05, 0.1) is 0 Å². The van der Waals surface area contributed by atoms with Crippen LogP contribution in [0.2, 0.25) is 0 Å². The summed E-state index contributed by atoms with van der Waals surface area (Å²) in [4.78, 5) is -0.731. The van der Waals surface area contributed by atoms with Crippen LogP contribution in [0.25, 0.3) is 0 Å². The maximum Gasteiger partial charge on any atom is 0.415 e.